The summed E-state index contributed by atoms with van der Waals surface area (Å²) in [7, 11) is 0. The van der Waals surface area contributed by atoms with E-state index in [1.54, 1.807) is 6.92 Å². The summed E-state index contributed by atoms with van der Waals surface area (Å²) >= 11 is 5.80. The van der Waals surface area contributed by atoms with Crippen molar-refractivity contribution in [3.63, 3.8) is 0 Å². The topological polar surface area (TPSA) is 42.0 Å². The lowest BCUT2D eigenvalue weighted by molar-refractivity contribution is -0.114. The molecule has 0 bridgehead atoms. The Morgan fingerprint density at radius 3 is 2.69 bits per heavy atom. The number of hydrogen-bond donors (Lipinski definition) is 1. The first-order valence-corrected chi connectivity index (χ1v) is 4.30. The van der Waals surface area contributed by atoms with Gasteiger partial charge in [0, 0.05) is 6.92 Å². The van der Waals surface area contributed by atoms with Crippen LogP contribution in [0.3, 0.4) is 0 Å². The van der Waals surface area contributed by atoms with Crippen molar-refractivity contribution >= 4 is 23.2 Å². The maximum Gasteiger partial charge on any atom is 0.221 e. The molecule has 0 aliphatic heterocycles. The van der Waals surface area contributed by atoms with Crippen LogP contribution in [0.1, 0.15) is 18.2 Å². The molecule has 1 rings (SSSR count). The SMILES string of the molecule is CC(=O)Nc1cc(C)c(Cl)nc1C. The second kappa shape index (κ2) is 3.75. The van der Waals surface area contributed by atoms with Crippen molar-refractivity contribution in [2.24, 2.45) is 0 Å². The number of anilines is 1. The fourth-order valence-corrected chi connectivity index (χ4v) is 1.17. The van der Waals surface area contributed by atoms with Crippen molar-refractivity contribution in [1.82, 2.24) is 4.98 Å². The van der Waals surface area contributed by atoms with E-state index in [4.69, 9.17) is 11.6 Å². The van der Waals surface area contributed by atoms with Crippen molar-refractivity contribution in [3.05, 3.63) is 22.5 Å². The predicted molar refractivity (Wildman–Crippen MR) is 53.0 cm³/mol. The standard InChI is InChI=1S/C9H11ClN2O/c1-5-4-8(12-7(3)13)6(2)11-9(5)10/h4H,1-3H3,(H,12,13). The largest absolute Gasteiger partial charge is 0.325 e. The predicted octanol–water partition coefficient (Wildman–Crippen LogP) is 2.31. The van der Waals surface area contributed by atoms with E-state index in [1.807, 2.05) is 13.0 Å². The fraction of sp³-hybridized carbons (Fsp3) is 0.333. The van der Waals surface area contributed by atoms with E-state index in [1.165, 1.54) is 6.92 Å². The van der Waals surface area contributed by atoms with E-state index < -0.39 is 0 Å². The maximum absolute atomic E-state index is 10.8. The molecule has 1 N–H and O–H groups in total. The van der Waals surface area contributed by atoms with Gasteiger partial charge in [0.2, 0.25) is 5.91 Å². The summed E-state index contributed by atoms with van der Waals surface area (Å²) in [5.74, 6) is -0.105. The number of carbonyl (C=O) groups excluding carboxylic acids is 1. The molecule has 13 heavy (non-hydrogen) atoms. The van der Waals surface area contributed by atoms with Gasteiger partial charge in [-0.3, -0.25) is 4.79 Å². The van der Waals surface area contributed by atoms with Crippen LogP contribution in [0.4, 0.5) is 5.69 Å². The number of rotatable bonds is 1. The van der Waals surface area contributed by atoms with Crippen molar-refractivity contribution in [1.29, 1.82) is 0 Å². The molecule has 0 aliphatic rings. The number of halogens is 1. The Balaban J connectivity index is 3.08. The Morgan fingerprint density at radius 1 is 1.54 bits per heavy atom. The van der Waals surface area contributed by atoms with Crippen molar-refractivity contribution in [2.75, 3.05) is 5.32 Å². The van der Waals surface area contributed by atoms with E-state index in [0.717, 1.165) is 16.9 Å². The van der Waals surface area contributed by atoms with Gasteiger partial charge in [0.1, 0.15) is 5.15 Å². The highest BCUT2D eigenvalue weighted by atomic mass is 35.5. The van der Waals surface area contributed by atoms with Crippen molar-refractivity contribution in [3.8, 4) is 0 Å². The third-order valence-electron chi connectivity index (χ3n) is 1.65. The molecule has 1 aromatic rings. The molecular weight excluding hydrogens is 188 g/mol. The molecule has 0 fully saturated rings. The van der Waals surface area contributed by atoms with Gasteiger partial charge in [0.15, 0.2) is 0 Å². The van der Waals surface area contributed by atoms with Crippen LogP contribution in [-0.4, -0.2) is 10.9 Å². The minimum Gasteiger partial charge on any atom is -0.325 e. The molecule has 0 saturated heterocycles. The zero-order valence-corrected chi connectivity index (χ0v) is 8.57. The molecule has 0 atom stereocenters. The number of aryl methyl sites for hydroxylation is 2. The highest BCUT2D eigenvalue weighted by Gasteiger charge is 2.04. The molecule has 0 aromatic carbocycles. The van der Waals surface area contributed by atoms with Gasteiger partial charge in [-0.1, -0.05) is 11.6 Å². The van der Waals surface area contributed by atoms with E-state index in [2.05, 4.69) is 10.3 Å². The number of carbonyl (C=O) groups is 1. The van der Waals surface area contributed by atoms with Gasteiger partial charge >= 0.3 is 0 Å². The summed E-state index contributed by atoms with van der Waals surface area (Å²) in [5, 5.41) is 3.16. The van der Waals surface area contributed by atoms with Crippen LogP contribution in [0.15, 0.2) is 6.07 Å². The third-order valence-corrected chi connectivity index (χ3v) is 2.04. The first-order chi connectivity index (χ1) is 6.00. The normalized spacial score (nSPS) is 9.85. The molecule has 0 radical (unpaired) electrons. The van der Waals surface area contributed by atoms with E-state index in [-0.39, 0.29) is 5.91 Å². The summed E-state index contributed by atoms with van der Waals surface area (Å²) in [5.41, 5.74) is 2.30. The fourth-order valence-electron chi connectivity index (χ4n) is 0.992. The van der Waals surface area contributed by atoms with Gasteiger partial charge in [-0.2, -0.15) is 0 Å². The molecule has 1 amide bonds. The minimum absolute atomic E-state index is 0.105. The lowest BCUT2D eigenvalue weighted by Gasteiger charge is -2.07. The molecule has 1 aromatic heterocycles. The first kappa shape index (κ1) is 9.99. The quantitative estimate of drug-likeness (QED) is 0.704. The molecule has 3 nitrogen and oxygen atoms in total. The van der Waals surface area contributed by atoms with Gasteiger partial charge in [0.25, 0.3) is 0 Å². The molecule has 1 heterocycles. The zero-order chi connectivity index (χ0) is 10.0. The Morgan fingerprint density at radius 2 is 2.15 bits per heavy atom. The van der Waals surface area contributed by atoms with Gasteiger partial charge < -0.3 is 5.32 Å². The number of hydrogen-bond acceptors (Lipinski definition) is 2. The van der Waals surface area contributed by atoms with Gasteiger partial charge in [-0.25, -0.2) is 4.98 Å². The van der Waals surface area contributed by atoms with Gasteiger partial charge in [0.05, 0.1) is 11.4 Å². The summed E-state index contributed by atoms with van der Waals surface area (Å²) in [6.07, 6.45) is 0. The summed E-state index contributed by atoms with van der Waals surface area (Å²) in [6, 6.07) is 1.81. The smallest absolute Gasteiger partial charge is 0.221 e. The Hall–Kier alpha value is -1.09. The first-order valence-electron chi connectivity index (χ1n) is 3.92. The second-order valence-electron chi connectivity index (χ2n) is 2.91. The molecular formula is C9H11ClN2O. The maximum atomic E-state index is 10.8. The van der Waals surface area contributed by atoms with Crippen LogP contribution in [0.5, 0.6) is 0 Å². The lowest BCUT2D eigenvalue weighted by atomic mass is 10.2. The Bertz CT molecular complexity index is 350. The average molecular weight is 199 g/mol. The van der Waals surface area contributed by atoms with E-state index in [9.17, 15) is 4.79 Å². The molecule has 0 unspecified atom stereocenters. The van der Waals surface area contributed by atoms with Gasteiger partial charge in [-0.05, 0) is 25.5 Å². The molecule has 0 saturated carbocycles. The van der Waals surface area contributed by atoms with Crippen LogP contribution in [0.2, 0.25) is 5.15 Å². The summed E-state index contributed by atoms with van der Waals surface area (Å²) in [4.78, 5) is 14.9. The van der Waals surface area contributed by atoms with Crippen LogP contribution < -0.4 is 5.32 Å². The number of pyridine rings is 1. The average Bonchev–Trinajstić information content (AvgIpc) is 1.99. The van der Waals surface area contributed by atoms with Crippen LogP contribution >= 0.6 is 11.6 Å². The molecule has 70 valence electrons. The zero-order valence-electron chi connectivity index (χ0n) is 7.81. The molecule has 0 aliphatic carbocycles. The van der Waals surface area contributed by atoms with Crippen molar-refractivity contribution < 1.29 is 4.79 Å². The second-order valence-corrected chi connectivity index (χ2v) is 3.27. The minimum atomic E-state index is -0.105. The Labute approximate surface area is 82.1 Å². The van der Waals surface area contributed by atoms with Crippen LogP contribution in [0, 0.1) is 13.8 Å². The lowest BCUT2D eigenvalue weighted by Crippen LogP contribution is -2.08. The van der Waals surface area contributed by atoms with Crippen LogP contribution in [0.25, 0.3) is 0 Å². The highest BCUT2D eigenvalue weighted by Crippen LogP contribution is 2.20. The summed E-state index contributed by atoms with van der Waals surface area (Å²) in [6.45, 7) is 5.11. The molecule has 4 heteroatoms. The van der Waals surface area contributed by atoms with E-state index >= 15 is 0 Å². The summed E-state index contributed by atoms with van der Waals surface area (Å²) < 4.78 is 0. The number of nitrogens with zero attached hydrogens (tertiary/aromatic N) is 1. The molecule has 0 spiro atoms. The van der Waals surface area contributed by atoms with Crippen molar-refractivity contribution in [2.45, 2.75) is 20.8 Å². The Kier molecular flexibility index (Phi) is 2.88. The monoisotopic (exact) mass is 198 g/mol. The van der Waals surface area contributed by atoms with E-state index in [0.29, 0.717) is 5.15 Å². The highest BCUT2D eigenvalue weighted by molar-refractivity contribution is 6.30. The van der Waals surface area contributed by atoms with Gasteiger partial charge in [-0.15, -0.1) is 0 Å². The number of amides is 1. The number of nitrogens with one attached hydrogen (secondary N) is 1. The number of aromatic nitrogens is 1. The van der Waals surface area contributed by atoms with Crippen LogP contribution in [-0.2, 0) is 4.79 Å². The third kappa shape index (κ3) is 2.42.